The Morgan fingerprint density at radius 3 is 2.78 bits per heavy atom. The Kier molecular flexibility index (Phi) is 2.77. The van der Waals surface area contributed by atoms with Gasteiger partial charge in [0.1, 0.15) is 5.82 Å². The second-order valence-electron chi connectivity index (χ2n) is 3.73. The zero-order chi connectivity index (χ0) is 12.4. The highest BCUT2D eigenvalue weighted by molar-refractivity contribution is 6.30. The number of nitrogens with one attached hydrogen (secondary N) is 1. The molecular formula is C11H9ClN6. The molecule has 90 valence electrons. The van der Waals surface area contributed by atoms with Crippen molar-refractivity contribution in [3.63, 3.8) is 0 Å². The molecule has 7 heteroatoms. The van der Waals surface area contributed by atoms with E-state index in [1.807, 2.05) is 30.3 Å². The van der Waals surface area contributed by atoms with E-state index in [0.29, 0.717) is 18.0 Å². The molecular weight excluding hydrogens is 252 g/mol. The molecule has 0 saturated carbocycles. The third-order valence-electron chi connectivity index (χ3n) is 2.46. The Balaban J connectivity index is 1.74. The fourth-order valence-electron chi connectivity index (χ4n) is 1.54. The molecule has 0 saturated heterocycles. The van der Waals surface area contributed by atoms with Gasteiger partial charge >= 0.3 is 0 Å². The Labute approximate surface area is 108 Å². The van der Waals surface area contributed by atoms with Gasteiger partial charge in [-0.2, -0.15) is 0 Å². The van der Waals surface area contributed by atoms with Crippen LogP contribution in [0, 0.1) is 0 Å². The highest BCUT2D eigenvalue weighted by atomic mass is 35.5. The lowest BCUT2D eigenvalue weighted by Crippen LogP contribution is -2.04. The summed E-state index contributed by atoms with van der Waals surface area (Å²) in [5, 5.41) is 19.2. The summed E-state index contributed by atoms with van der Waals surface area (Å²) in [5.74, 6) is 0.713. The lowest BCUT2D eigenvalue weighted by Gasteiger charge is -2.05. The van der Waals surface area contributed by atoms with E-state index < -0.39 is 0 Å². The number of nitrogens with zero attached hydrogens (tertiary/aromatic N) is 5. The van der Waals surface area contributed by atoms with Crippen LogP contribution in [0.3, 0.4) is 0 Å². The second-order valence-corrected chi connectivity index (χ2v) is 4.16. The van der Waals surface area contributed by atoms with Crippen molar-refractivity contribution in [2.75, 3.05) is 5.32 Å². The molecule has 1 aromatic carbocycles. The smallest absolute Gasteiger partial charge is 0.200 e. The lowest BCUT2D eigenvalue weighted by molar-refractivity contribution is 0.734. The highest BCUT2D eigenvalue weighted by Crippen LogP contribution is 2.11. The number of halogens is 1. The zero-order valence-corrected chi connectivity index (χ0v) is 10.0. The van der Waals surface area contributed by atoms with Crippen LogP contribution in [-0.4, -0.2) is 25.3 Å². The number of hydrogen-bond acceptors (Lipinski definition) is 5. The molecule has 0 spiro atoms. The van der Waals surface area contributed by atoms with Crippen LogP contribution in [0.4, 0.5) is 5.82 Å². The monoisotopic (exact) mass is 260 g/mol. The zero-order valence-electron chi connectivity index (χ0n) is 9.29. The van der Waals surface area contributed by atoms with Gasteiger partial charge < -0.3 is 5.32 Å². The van der Waals surface area contributed by atoms with E-state index in [9.17, 15) is 0 Å². The van der Waals surface area contributed by atoms with Crippen molar-refractivity contribution in [1.29, 1.82) is 0 Å². The maximum atomic E-state index is 5.82. The van der Waals surface area contributed by atoms with Crippen LogP contribution >= 0.6 is 11.6 Å². The van der Waals surface area contributed by atoms with E-state index in [-0.39, 0.29) is 0 Å². The fraction of sp³-hybridized carbons (Fsp3) is 0.0909. The first kappa shape index (κ1) is 10.9. The van der Waals surface area contributed by atoms with Crippen molar-refractivity contribution in [2.24, 2.45) is 0 Å². The van der Waals surface area contributed by atoms with Crippen LogP contribution in [0.15, 0.2) is 36.4 Å². The quantitative estimate of drug-likeness (QED) is 0.778. The van der Waals surface area contributed by atoms with Crippen LogP contribution < -0.4 is 5.32 Å². The number of rotatable bonds is 3. The van der Waals surface area contributed by atoms with Crippen molar-refractivity contribution >= 4 is 23.1 Å². The summed E-state index contributed by atoms with van der Waals surface area (Å²) in [6, 6.07) is 11.3. The maximum absolute atomic E-state index is 5.82. The van der Waals surface area contributed by atoms with Gasteiger partial charge in [-0.15, -0.1) is 14.8 Å². The number of hydrogen-bond donors (Lipinski definition) is 1. The molecule has 6 nitrogen and oxygen atoms in total. The first-order valence-electron chi connectivity index (χ1n) is 5.35. The highest BCUT2D eigenvalue weighted by Gasteiger charge is 2.00. The fourth-order valence-corrected chi connectivity index (χ4v) is 1.66. The van der Waals surface area contributed by atoms with E-state index in [1.54, 1.807) is 6.07 Å². The van der Waals surface area contributed by atoms with Gasteiger partial charge in [0, 0.05) is 11.6 Å². The standard InChI is InChI=1S/C11H9ClN6/c12-9-3-1-8(2-4-9)7-13-10-5-6-11-14-16-17-18(11)15-10/h1-6H,7H2,(H,13,15). The SMILES string of the molecule is Clc1ccc(CNc2ccc3nnnn3n2)cc1. The van der Waals surface area contributed by atoms with E-state index >= 15 is 0 Å². The molecule has 0 bridgehead atoms. The third-order valence-corrected chi connectivity index (χ3v) is 2.71. The Morgan fingerprint density at radius 1 is 1.11 bits per heavy atom. The minimum absolute atomic E-state index is 0.618. The lowest BCUT2D eigenvalue weighted by atomic mass is 10.2. The van der Waals surface area contributed by atoms with Crippen molar-refractivity contribution in [2.45, 2.75) is 6.54 Å². The van der Waals surface area contributed by atoms with Gasteiger partial charge in [0.05, 0.1) is 0 Å². The molecule has 0 aliphatic rings. The molecule has 0 unspecified atom stereocenters. The first-order valence-corrected chi connectivity index (χ1v) is 5.73. The minimum Gasteiger partial charge on any atom is -0.365 e. The van der Waals surface area contributed by atoms with Crippen LogP contribution in [-0.2, 0) is 6.54 Å². The van der Waals surface area contributed by atoms with E-state index in [4.69, 9.17) is 11.6 Å². The Bertz CT molecular complexity index is 663. The van der Waals surface area contributed by atoms with Gasteiger partial charge in [-0.3, -0.25) is 0 Å². The predicted molar refractivity (Wildman–Crippen MR) is 67.4 cm³/mol. The summed E-state index contributed by atoms with van der Waals surface area (Å²) in [6.07, 6.45) is 0. The van der Waals surface area contributed by atoms with Crippen LogP contribution in [0.2, 0.25) is 5.02 Å². The molecule has 2 heterocycles. The number of tetrazole rings is 1. The van der Waals surface area contributed by atoms with Crippen LogP contribution in [0.5, 0.6) is 0 Å². The Hall–Kier alpha value is -2.21. The molecule has 0 amide bonds. The van der Waals surface area contributed by atoms with E-state index in [2.05, 4.69) is 25.9 Å². The first-order chi connectivity index (χ1) is 8.81. The minimum atomic E-state index is 0.618. The molecule has 0 radical (unpaired) electrons. The van der Waals surface area contributed by atoms with E-state index in [1.165, 1.54) is 4.63 Å². The number of aromatic nitrogens is 5. The summed E-state index contributed by atoms with van der Waals surface area (Å²) in [6.45, 7) is 0.664. The van der Waals surface area contributed by atoms with Crippen molar-refractivity contribution in [1.82, 2.24) is 25.3 Å². The molecule has 18 heavy (non-hydrogen) atoms. The summed E-state index contributed by atoms with van der Waals surface area (Å²) in [4.78, 5) is 0. The second kappa shape index (κ2) is 4.58. The van der Waals surface area contributed by atoms with Gasteiger partial charge in [0.25, 0.3) is 0 Å². The third kappa shape index (κ3) is 2.23. The topological polar surface area (TPSA) is 68.0 Å². The maximum Gasteiger partial charge on any atom is 0.200 e. The number of benzene rings is 1. The van der Waals surface area contributed by atoms with E-state index in [0.717, 1.165) is 10.6 Å². The normalized spacial score (nSPS) is 10.7. The van der Waals surface area contributed by atoms with Crippen molar-refractivity contribution < 1.29 is 0 Å². The van der Waals surface area contributed by atoms with Gasteiger partial charge in [-0.1, -0.05) is 23.7 Å². The summed E-state index contributed by atoms with van der Waals surface area (Å²) >= 11 is 5.82. The number of anilines is 1. The molecule has 0 aliphatic carbocycles. The summed E-state index contributed by atoms with van der Waals surface area (Å²) < 4.78 is 1.38. The Morgan fingerprint density at radius 2 is 1.94 bits per heavy atom. The summed E-state index contributed by atoms with van der Waals surface area (Å²) in [7, 11) is 0. The largest absolute Gasteiger partial charge is 0.365 e. The average Bonchev–Trinajstić information content (AvgIpc) is 2.85. The predicted octanol–water partition coefficient (Wildman–Crippen LogP) is 1.78. The van der Waals surface area contributed by atoms with Crippen molar-refractivity contribution in [3.8, 4) is 0 Å². The molecule has 1 N–H and O–H groups in total. The van der Waals surface area contributed by atoms with Gasteiger partial charge in [-0.05, 0) is 40.3 Å². The molecule has 2 aromatic heterocycles. The molecule has 3 aromatic rings. The van der Waals surface area contributed by atoms with Crippen LogP contribution in [0.25, 0.3) is 5.65 Å². The molecule has 3 rings (SSSR count). The van der Waals surface area contributed by atoms with Crippen molar-refractivity contribution in [3.05, 3.63) is 47.0 Å². The van der Waals surface area contributed by atoms with Gasteiger partial charge in [0.2, 0.25) is 0 Å². The van der Waals surface area contributed by atoms with Gasteiger partial charge in [0.15, 0.2) is 5.65 Å². The van der Waals surface area contributed by atoms with Gasteiger partial charge in [-0.25, -0.2) is 0 Å². The number of fused-ring (bicyclic) bond motifs is 1. The van der Waals surface area contributed by atoms with Crippen LogP contribution in [0.1, 0.15) is 5.56 Å². The molecule has 0 atom stereocenters. The molecule has 0 fully saturated rings. The summed E-state index contributed by atoms with van der Waals surface area (Å²) in [5.41, 5.74) is 1.74. The molecule has 0 aliphatic heterocycles. The average molecular weight is 261 g/mol.